The van der Waals surface area contributed by atoms with E-state index in [0.717, 1.165) is 24.0 Å². The number of amides is 3. The summed E-state index contributed by atoms with van der Waals surface area (Å²) in [4.78, 5) is 50.3. The number of hydrogen-bond donors (Lipinski definition) is 5. The van der Waals surface area contributed by atoms with Crippen LogP contribution in [0.5, 0.6) is 0 Å². The van der Waals surface area contributed by atoms with Crippen molar-refractivity contribution in [1.82, 2.24) is 20.3 Å². The molecule has 1 aromatic carbocycles. The summed E-state index contributed by atoms with van der Waals surface area (Å²) in [7, 11) is 0. The summed E-state index contributed by atoms with van der Waals surface area (Å²) in [5.41, 5.74) is 2.50. The lowest BCUT2D eigenvalue weighted by Crippen LogP contribution is -2.37. The van der Waals surface area contributed by atoms with Gasteiger partial charge in [0.05, 0.1) is 0 Å². The number of rotatable bonds is 12. The highest BCUT2D eigenvalue weighted by Gasteiger charge is 2.18. The lowest BCUT2D eigenvalue weighted by molar-refractivity contribution is -0.115. The average Bonchev–Trinajstić information content (AvgIpc) is 2.92. The van der Waals surface area contributed by atoms with Crippen LogP contribution in [0.1, 0.15) is 55.6 Å². The molecule has 0 atom stereocenters. The summed E-state index contributed by atoms with van der Waals surface area (Å²) in [6.07, 6.45) is 5.92. The van der Waals surface area contributed by atoms with Crippen LogP contribution in [0.2, 0.25) is 0 Å². The topological polar surface area (TPSA) is 159 Å². The van der Waals surface area contributed by atoms with Crippen molar-refractivity contribution in [3.8, 4) is 0 Å². The smallest absolute Gasteiger partial charge is 0.408 e. The number of benzene rings is 1. The Morgan fingerprint density at radius 3 is 2.44 bits per heavy atom. The van der Waals surface area contributed by atoms with E-state index in [2.05, 4.69) is 41.5 Å². The molecular weight excluding hydrogens is 524 g/mol. The predicted octanol–water partition coefficient (Wildman–Crippen LogP) is 4.37. The first-order valence-electron chi connectivity index (χ1n) is 13.5. The molecule has 0 radical (unpaired) electrons. The summed E-state index contributed by atoms with van der Waals surface area (Å²) in [6.45, 7) is 10.0. The summed E-state index contributed by atoms with van der Waals surface area (Å²) >= 11 is 0. The van der Waals surface area contributed by atoms with Gasteiger partial charge in [-0.3, -0.25) is 14.6 Å². The number of pyridine rings is 1. The highest BCUT2D eigenvalue weighted by Crippen LogP contribution is 2.22. The first kappa shape index (κ1) is 30.8. The summed E-state index contributed by atoms with van der Waals surface area (Å²) in [6, 6.07) is 9.06. The van der Waals surface area contributed by atoms with Crippen LogP contribution in [0.3, 0.4) is 0 Å². The molecule has 0 spiro atoms. The van der Waals surface area contributed by atoms with E-state index in [1.807, 2.05) is 26.0 Å². The lowest BCUT2D eigenvalue weighted by Gasteiger charge is -2.19. The zero-order valence-corrected chi connectivity index (χ0v) is 24.1. The van der Waals surface area contributed by atoms with Crippen LogP contribution < -0.4 is 26.6 Å². The van der Waals surface area contributed by atoms with E-state index >= 15 is 0 Å². The van der Waals surface area contributed by atoms with E-state index < -0.39 is 23.5 Å². The van der Waals surface area contributed by atoms with Crippen molar-refractivity contribution >= 4 is 41.0 Å². The summed E-state index contributed by atoms with van der Waals surface area (Å²) in [5, 5.41) is 14.4. The Morgan fingerprint density at radius 2 is 1.73 bits per heavy atom. The third-order valence-electron chi connectivity index (χ3n) is 5.58. The van der Waals surface area contributed by atoms with Gasteiger partial charge in [-0.15, -0.1) is 0 Å². The van der Waals surface area contributed by atoms with E-state index in [9.17, 15) is 14.4 Å². The second kappa shape index (κ2) is 14.6. The van der Waals surface area contributed by atoms with Gasteiger partial charge in [-0.25, -0.2) is 9.78 Å². The first-order chi connectivity index (χ1) is 19.5. The van der Waals surface area contributed by atoms with Gasteiger partial charge < -0.3 is 31.3 Å². The van der Waals surface area contributed by atoms with Crippen molar-refractivity contribution in [3.63, 3.8) is 0 Å². The summed E-state index contributed by atoms with van der Waals surface area (Å²) in [5.74, 6) is -0.0114. The monoisotopic (exact) mass is 562 g/mol. The Bertz CT molecular complexity index is 1340. The maximum absolute atomic E-state index is 13.2. The highest BCUT2D eigenvalue weighted by molar-refractivity contribution is 6.07. The molecule has 3 amide bonds. The normalized spacial score (nSPS) is 10.9. The zero-order valence-electron chi connectivity index (χ0n) is 24.1. The van der Waals surface area contributed by atoms with Crippen molar-refractivity contribution in [1.29, 1.82) is 0 Å². The maximum Gasteiger partial charge on any atom is 0.408 e. The van der Waals surface area contributed by atoms with Crippen LogP contribution in [-0.4, -0.2) is 58.1 Å². The number of aryl methyl sites for hydroxylation is 1. The van der Waals surface area contributed by atoms with Crippen LogP contribution in [0, 0.1) is 6.92 Å². The standard InChI is InChI=1S/C29H38N8O4/c1-6-12-31-25-22(17-33-27(37-25)32-15-11-20-9-13-30-14-10-20)26(39)35-21-8-7-19(2)23(16-21)36-24(38)18-34-28(40)41-29(3,4)5/h7-10,13-14,16-17H,6,11-12,15,18H2,1-5H3,(H,34,40)(H,35,39)(H,36,38)(H2,31,32,33,37). The molecule has 0 saturated carbocycles. The quantitative estimate of drug-likeness (QED) is 0.216. The number of carbonyl (C=O) groups excluding carboxylic acids is 3. The molecule has 12 heteroatoms. The van der Waals surface area contributed by atoms with E-state index in [0.29, 0.717) is 36.2 Å². The van der Waals surface area contributed by atoms with Gasteiger partial charge in [0.2, 0.25) is 11.9 Å². The molecule has 218 valence electrons. The summed E-state index contributed by atoms with van der Waals surface area (Å²) < 4.78 is 5.15. The molecule has 0 fully saturated rings. The number of nitrogens with one attached hydrogen (secondary N) is 5. The largest absolute Gasteiger partial charge is 0.444 e. The number of anilines is 4. The molecule has 0 aliphatic rings. The molecule has 2 aromatic heterocycles. The van der Waals surface area contributed by atoms with Crippen LogP contribution >= 0.6 is 0 Å². The molecule has 3 rings (SSSR count). The molecule has 12 nitrogen and oxygen atoms in total. The van der Waals surface area contributed by atoms with Crippen LogP contribution in [-0.2, 0) is 16.0 Å². The number of hydrogen-bond acceptors (Lipinski definition) is 9. The lowest BCUT2D eigenvalue weighted by atomic mass is 10.1. The number of aromatic nitrogens is 3. The minimum atomic E-state index is -0.685. The fourth-order valence-corrected chi connectivity index (χ4v) is 3.57. The molecule has 5 N–H and O–H groups in total. The van der Waals surface area contributed by atoms with Crippen molar-refractivity contribution in [2.75, 3.05) is 40.9 Å². The van der Waals surface area contributed by atoms with Gasteiger partial charge >= 0.3 is 6.09 Å². The fraction of sp³-hybridized carbons (Fsp3) is 0.379. The maximum atomic E-state index is 13.2. The Balaban J connectivity index is 1.64. The number of ether oxygens (including phenoxy) is 1. The Morgan fingerprint density at radius 1 is 0.976 bits per heavy atom. The van der Waals surface area contributed by atoms with Gasteiger partial charge in [0.25, 0.3) is 5.91 Å². The van der Waals surface area contributed by atoms with E-state index in [-0.39, 0.29) is 12.1 Å². The Labute approximate surface area is 240 Å². The van der Waals surface area contributed by atoms with Gasteiger partial charge in [0, 0.05) is 43.1 Å². The highest BCUT2D eigenvalue weighted by atomic mass is 16.6. The molecule has 41 heavy (non-hydrogen) atoms. The third-order valence-corrected chi connectivity index (χ3v) is 5.58. The SMILES string of the molecule is CCCNc1nc(NCCc2ccncc2)ncc1C(=O)Nc1ccc(C)c(NC(=O)CNC(=O)OC(C)(C)C)c1. The number of nitrogens with zero attached hydrogens (tertiary/aromatic N) is 3. The third kappa shape index (κ3) is 10.4. The molecular formula is C29H38N8O4. The van der Waals surface area contributed by atoms with Crippen molar-refractivity contribution in [2.45, 2.75) is 53.1 Å². The first-order valence-corrected chi connectivity index (χ1v) is 13.5. The minimum absolute atomic E-state index is 0.266. The van der Waals surface area contributed by atoms with Gasteiger partial charge in [-0.2, -0.15) is 4.98 Å². The molecule has 0 aliphatic carbocycles. The van der Waals surface area contributed by atoms with Gasteiger partial charge in [0.15, 0.2) is 0 Å². The predicted molar refractivity (Wildman–Crippen MR) is 159 cm³/mol. The Hall–Kier alpha value is -4.74. The van der Waals surface area contributed by atoms with Crippen molar-refractivity contribution in [2.24, 2.45) is 0 Å². The second-order valence-electron chi connectivity index (χ2n) is 10.3. The molecule has 0 bridgehead atoms. The van der Waals surface area contributed by atoms with E-state index in [4.69, 9.17) is 4.74 Å². The van der Waals surface area contributed by atoms with Crippen molar-refractivity contribution in [3.05, 3.63) is 65.6 Å². The molecule has 0 unspecified atom stereocenters. The van der Waals surface area contributed by atoms with E-state index in [1.54, 1.807) is 51.4 Å². The fourth-order valence-electron chi connectivity index (χ4n) is 3.57. The van der Waals surface area contributed by atoms with Crippen LogP contribution in [0.15, 0.2) is 48.9 Å². The molecule has 0 aliphatic heterocycles. The second-order valence-corrected chi connectivity index (χ2v) is 10.3. The molecule has 2 heterocycles. The van der Waals surface area contributed by atoms with Gasteiger partial charge in [0.1, 0.15) is 23.5 Å². The average molecular weight is 563 g/mol. The van der Waals surface area contributed by atoms with Crippen molar-refractivity contribution < 1.29 is 19.1 Å². The number of alkyl carbamates (subject to hydrolysis) is 1. The van der Waals surface area contributed by atoms with Gasteiger partial charge in [-0.1, -0.05) is 13.0 Å². The van der Waals surface area contributed by atoms with Gasteiger partial charge in [-0.05, 0) is 75.9 Å². The zero-order chi connectivity index (χ0) is 29.8. The molecule has 3 aromatic rings. The van der Waals surface area contributed by atoms with Crippen LogP contribution in [0.25, 0.3) is 0 Å². The molecule has 0 saturated heterocycles. The Kier molecular flexibility index (Phi) is 11.0. The minimum Gasteiger partial charge on any atom is -0.444 e. The number of carbonyl (C=O) groups is 3. The van der Waals surface area contributed by atoms with E-state index in [1.165, 1.54) is 6.20 Å². The van der Waals surface area contributed by atoms with Crippen LogP contribution in [0.4, 0.5) is 27.9 Å².